The number of rotatable bonds is 3. The summed E-state index contributed by atoms with van der Waals surface area (Å²) in [4.78, 5) is 13.9. The Morgan fingerprint density at radius 1 is 1.39 bits per heavy atom. The van der Waals surface area contributed by atoms with Crippen LogP contribution in [0.25, 0.3) is 0 Å². The maximum atomic E-state index is 11.6. The SMILES string of the molecule is CCC(=O)CN1CCC2Cc3ccccc3C2C1. The van der Waals surface area contributed by atoms with Crippen molar-refractivity contribution in [3.63, 3.8) is 0 Å². The van der Waals surface area contributed by atoms with E-state index in [1.807, 2.05) is 6.92 Å². The molecule has 0 bridgehead atoms. The van der Waals surface area contributed by atoms with Crippen molar-refractivity contribution in [1.82, 2.24) is 4.90 Å². The largest absolute Gasteiger partial charge is 0.298 e. The third-order valence-electron chi connectivity index (χ3n) is 4.57. The van der Waals surface area contributed by atoms with E-state index in [1.54, 1.807) is 0 Å². The van der Waals surface area contributed by atoms with E-state index in [0.717, 1.165) is 19.0 Å². The minimum Gasteiger partial charge on any atom is -0.298 e. The van der Waals surface area contributed by atoms with Gasteiger partial charge < -0.3 is 0 Å². The fourth-order valence-corrected chi connectivity index (χ4v) is 3.53. The van der Waals surface area contributed by atoms with Crippen molar-refractivity contribution in [3.05, 3.63) is 35.4 Å². The lowest BCUT2D eigenvalue weighted by Crippen LogP contribution is -2.40. The zero-order valence-corrected chi connectivity index (χ0v) is 11.1. The fraction of sp³-hybridized carbons (Fsp3) is 0.562. The first-order valence-corrected chi connectivity index (χ1v) is 7.09. The van der Waals surface area contributed by atoms with Crippen LogP contribution in [-0.4, -0.2) is 30.3 Å². The molecule has 0 radical (unpaired) electrons. The van der Waals surface area contributed by atoms with Gasteiger partial charge in [0.25, 0.3) is 0 Å². The zero-order chi connectivity index (χ0) is 12.5. The van der Waals surface area contributed by atoms with Crippen molar-refractivity contribution < 1.29 is 4.79 Å². The predicted molar refractivity (Wildman–Crippen MR) is 72.7 cm³/mol. The first-order chi connectivity index (χ1) is 8.78. The number of likely N-dealkylation sites (tertiary alicyclic amines) is 1. The third-order valence-corrected chi connectivity index (χ3v) is 4.57. The molecule has 3 rings (SSSR count). The molecular formula is C16H21NO. The van der Waals surface area contributed by atoms with E-state index in [0.29, 0.717) is 24.7 Å². The fourth-order valence-electron chi connectivity index (χ4n) is 3.53. The molecular weight excluding hydrogens is 222 g/mol. The van der Waals surface area contributed by atoms with Crippen LogP contribution in [0.5, 0.6) is 0 Å². The molecule has 0 amide bonds. The Labute approximate surface area is 109 Å². The van der Waals surface area contributed by atoms with Crippen LogP contribution >= 0.6 is 0 Å². The summed E-state index contributed by atoms with van der Waals surface area (Å²) in [5, 5.41) is 0. The summed E-state index contributed by atoms with van der Waals surface area (Å²) in [6.07, 6.45) is 3.16. The molecule has 1 heterocycles. The molecule has 2 heteroatoms. The Hall–Kier alpha value is -1.15. The van der Waals surface area contributed by atoms with Gasteiger partial charge in [-0.1, -0.05) is 31.2 Å². The number of carbonyl (C=O) groups excluding carboxylic acids is 1. The number of hydrogen-bond donors (Lipinski definition) is 0. The highest BCUT2D eigenvalue weighted by atomic mass is 16.1. The number of Topliss-reactive ketones (excluding diaryl/α,β-unsaturated/α-hetero) is 1. The summed E-state index contributed by atoms with van der Waals surface area (Å²) in [6.45, 7) is 4.79. The second kappa shape index (κ2) is 4.85. The van der Waals surface area contributed by atoms with Crippen molar-refractivity contribution in [2.24, 2.45) is 5.92 Å². The van der Waals surface area contributed by atoms with E-state index < -0.39 is 0 Å². The van der Waals surface area contributed by atoms with Crippen LogP contribution in [0.15, 0.2) is 24.3 Å². The number of nitrogens with zero attached hydrogens (tertiary/aromatic N) is 1. The smallest absolute Gasteiger partial charge is 0.146 e. The quantitative estimate of drug-likeness (QED) is 0.813. The Morgan fingerprint density at radius 2 is 2.22 bits per heavy atom. The second-order valence-corrected chi connectivity index (χ2v) is 5.69. The van der Waals surface area contributed by atoms with E-state index in [9.17, 15) is 4.79 Å². The summed E-state index contributed by atoms with van der Waals surface area (Å²) < 4.78 is 0. The van der Waals surface area contributed by atoms with Crippen LogP contribution in [0.2, 0.25) is 0 Å². The summed E-state index contributed by atoms with van der Waals surface area (Å²) in [7, 11) is 0. The number of carbonyl (C=O) groups is 1. The van der Waals surface area contributed by atoms with Gasteiger partial charge in [0.2, 0.25) is 0 Å². The van der Waals surface area contributed by atoms with Crippen LogP contribution in [0.3, 0.4) is 0 Å². The molecule has 96 valence electrons. The molecule has 2 unspecified atom stereocenters. The van der Waals surface area contributed by atoms with Crippen molar-refractivity contribution in [3.8, 4) is 0 Å². The van der Waals surface area contributed by atoms with Crippen LogP contribution < -0.4 is 0 Å². The first-order valence-electron chi connectivity index (χ1n) is 7.09. The van der Waals surface area contributed by atoms with Crippen molar-refractivity contribution in [2.45, 2.75) is 32.1 Å². The Morgan fingerprint density at radius 3 is 3.06 bits per heavy atom. The minimum atomic E-state index is 0.375. The first kappa shape index (κ1) is 11.9. The maximum Gasteiger partial charge on any atom is 0.146 e. The lowest BCUT2D eigenvalue weighted by molar-refractivity contribution is -0.120. The van der Waals surface area contributed by atoms with E-state index in [-0.39, 0.29) is 0 Å². The van der Waals surface area contributed by atoms with Crippen molar-refractivity contribution in [1.29, 1.82) is 0 Å². The number of benzene rings is 1. The Bertz CT molecular complexity index is 454. The maximum absolute atomic E-state index is 11.6. The molecule has 0 spiro atoms. The van der Waals surface area contributed by atoms with Gasteiger partial charge in [0.05, 0.1) is 6.54 Å². The molecule has 1 aliphatic heterocycles. The number of ketones is 1. The lowest BCUT2D eigenvalue weighted by Gasteiger charge is -2.35. The zero-order valence-electron chi connectivity index (χ0n) is 11.1. The van der Waals surface area contributed by atoms with E-state index in [1.165, 1.54) is 24.0 Å². The summed E-state index contributed by atoms with van der Waals surface area (Å²) in [5.74, 6) is 1.86. The molecule has 0 aromatic heterocycles. The molecule has 18 heavy (non-hydrogen) atoms. The highest BCUT2D eigenvalue weighted by Crippen LogP contribution is 2.42. The monoisotopic (exact) mass is 243 g/mol. The van der Waals surface area contributed by atoms with Crippen molar-refractivity contribution in [2.75, 3.05) is 19.6 Å². The molecule has 1 aliphatic carbocycles. The molecule has 1 aromatic rings. The van der Waals surface area contributed by atoms with Gasteiger partial charge in [-0.2, -0.15) is 0 Å². The molecule has 0 saturated carbocycles. The summed E-state index contributed by atoms with van der Waals surface area (Å²) in [6, 6.07) is 8.85. The standard InChI is InChI=1S/C16H21NO/c1-2-14(18)10-17-8-7-13-9-12-5-3-4-6-15(12)16(13)11-17/h3-6,13,16H,2,7-11H2,1H3. The Balaban J connectivity index is 1.74. The average molecular weight is 243 g/mol. The van der Waals surface area contributed by atoms with E-state index >= 15 is 0 Å². The van der Waals surface area contributed by atoms with Gasteiger partial charge in [0.1, 0.15) is 5.78 Å². The lowest BCUT2D eigenvalue weighted by atomic mass is 9.86. The van der Waals surface area contributed by atoms with E-state index in [2.05, 4.69) is 29.2 Å². The third kappa shape index (κ3) is 2.10. The normalized spacial score (nSPS) is 26.7. The number of piperidine rings is 1. The molecule has 1 aromatic carbocycles. The van der Waals surface area contributed by atoms with Gasteiger partial charge in [-0.25, -0.2) is 0 Å². The van der Waals surface area contributed by atoms with Crippen LogP contribution in [0.1, 0.15) is 36.8 Å². The van der Waals surface area contributed by atoms with Crippen molar-refractivity contribution >= 4 is 5.78 Å². The van der Waals surface area contributed by atoms with E-state index in [4.69, 9.17) is 0 Å². The minimum absolute atomic E-state index is 0.375. The number of hydrogen-bond acceptors (Lipinski definition) is 2. The van der Waals surface area contributed by atoms with Crippen LogP contribution in [-0.2, 0) is 11.2 Å². The highest BCUT2D eigenvalue weighted by Gasteiger charge is 2.36. The van der Waals surface area contributed by atoms with Gasteiger partial charge in [-0.3, -0.25) is 9.69 Å². The van der Waals surface area contributed by atoms with Gasteiger partial charge in [0, 0.05) is 18.9 Å². The van der Waals surface area contributed by atoms with Gasteiger partial charge >= 0.3 is 0 Å². The van der Waals surface area contributed by atoms with Crippen LogP contribution in [0, 0.1) is 5.92 Å². The molecule has 2 atom stereocenters. The van der Waals surface area contributed by atoms with Gasteiger partial charge in [-0.05, 0) is 36.4 Å². The predicted octanol–water partition coefficient (Wildman–Crippen LogP) is 2.63. The summed E-state index contributed by atoms with van der Waals surface area (Å²) >= 11 is 0. The number of fused-ring (bicyclic) bond motifs is 3. The highest BCUT2D eigenvalue weighted by molar-refractivity contribution is 5.80. The molecule has 2 nitrogen and oxygen atoms in total. The molecule has 1 fully saturated rings. The van der Waals surface area contributed by atoms with Gasteiger partial charge in [0.15, 0.2) is 0 Å². The molecule has 2 aliphatic rings. The Kier molecular flexibility index (Phi) is 3.21. The second-order valence-electron chi connectivity index (χ2n) is 5.69. The molecule has 1 saturated heterocycles. The topological polar surface area (TPSA) is 20.3 Å². The summed E-state index contributed by atoms with van der Waals surface area (Å²) in [5.41, 5.74) is 3.08. The molecule has 0 N–H and O–H groups in total. The van der Waals surface area contributed by atoms with Crippen LogP contribution in [0.4, 0.5) is 0 Å². The average Bonchev–Trinajstić information content (AvgIpc) is 2.77. The van der Waals surface area contributed by atoms with Gasteiger partial charge in [-0.15, -0.1) is 0 Å².